The SMILES string of the molecule is CCOC1(C(O)C2CCCCC2CC)CCCC1. The molecule has 0 radical (unpaired) electrons. The smallest absolute Gasteiger partial charge is 0.0942 e. The van der Waals surface area contributed by atoms with Crippen LogP contribution in [0.2, 0.25) is 0 Å². The second-order valence-corrected chi connectivity index (χ2v) is 6.27. The molecular weight excluding hydrogens is 224 g/mol. The summed E-state index contributed by atoms with van der Waals surface area (Å²) in [4.78, 5) is 0. The average Bonchev–Trinajstić information content (AvgIpc) is 2.88. The van der Waals surface area contributed by atoms with Crippen molar-refractivity contribution >= 4 is 0 Å². The minimum Gasteiger partial charge on any atom is -0.390 e. The Labute approximate surface area is 112 Å². The molecule has 0 aromatic carbocycles. The molecule has 2 aliphatic carbocycles. The van der Waals surface area contributed by atoms with Crippen LogP contribution in [0.5, 0.6) is 0 Å². The van der Waals surface area contributed by atoms with Crippen LogP contribution in [0.1, 0.15) is 71.6 Å². The molecule has 0 spiro atoms. The van der Waals surface area contributed by atoms with Crippen LogP contribution in [0.3, 0.4) is 0 Å². The zero-order valence-corrected chi connectivity index (χ0v) is 12.2. The molecular formula is C16H30O2. The van der Waals surface area contributed by atoms with Gasteiger partial charge in [-0.1, -0.05) is 45.4 Å². The average molecular weight is 254 g/mol. The van der Waals surface area contributed by atoms with Crippen LogP contribution in [0.4, 0.5) is 0 Å². The topological polar surface area (TPSA) is 29.5 Å². The zero-order chi connectivity index (χ0) is 13.0. The number of ether oxygens (including phenoxy) is 1. The van der Waals surface area contributed by atoms with Crippen molar-refractivity contribution in [2.24, 2.45) is 11.8 Å². The van der Waals surface area contributed by atoms with Crippen molar-refractivity contribution in [1.29, 1.82) is 0 Å². The molecule has 106 valence electrons. The van der Waals surface area contributed by atoms with Gasteiger partial charge in [-0.25, -0.2) is 0 Å². The molecule has 0 bridgehead atoms. The van der Waals surface area contributed by atoms with Crippen LogP contribution in [-0.2, 0) is 4.74 Å². The maximum Gasteiger partial charge on any atom is 0.0942 e. The summed E-state index contributed by atoms with van der Waals surface area (Å²) in [6.45, 7) is 5.07. The summed E-state index contributed by atoms with van der Waals surface area (Å²) in [5.41, 5.74) is -0.204. The van der Waals surface area contributed by atoms with E-state index in [-0.39, 0.29) is 11.7 Å². The Hall–Kier alpha value is -0.0800. The third kappa shape index (κ3) is 2.75. The molecule has 0 heterocycles. The lowest BCUT2D eigenvalue weighted by Gasteiger charge is -2.43. The summed E-state index contributed by atoms with van der Waals surface area (Å²) < 4.78 is 6.05. The van der Waals surface area contributed by atoms with E-state index >= 15 is 0 Å². The van der Waals surface area contributed by atoms with Crippen molar-refractivity contribution in [2.75, 3.05) is 6.61 Å². The predicted octanol–water partition coefficient (Wildman–Crippen LogP) is 3.91. The Morgan fingerprint density at radius 2 is 1.78 bits per heavy atom. The van der Waals surface area contributed by atoms with Crippen molar-refractivity contribution in [2.45, 2.75) is 83.3 Å². The van der Waals surface area contributed by atoms with E-state index in [1.807, 2.05) is 0 Å². The monoisotopic (exact) mass is 254 g/mol. The van der Waals surface area contributed by atoms with Gasteiger partial charge in [0.05, 0.1) is 11.7 Å². The van der Waals surface area contributed by atoms with Gasteiger partial charge in [0.2, 0.25) is 0 Å². The summed E-state index contributed by atoms with van der Waals surface area (Å²) in [7, 11) is 0. The van der Waals surface area contributed by atoms with Crippen LogP contribution >= 0.6 is 0 Å². The number of hydrogen-bond donors (Lipinski definition) is 1. The predicted molar refractivity (Wildman–Crippen MR) is 74.6 cm³/mol. The Morgan fingerprint density at radius 3 is 2.39 bits per heavy atom. The molecule has 1 N–H and O–H groups in total. The van der Waals surface area contributed by atoms with E-state index in [2.05, 4.69) is 13.8 Å². The van der Waals surface area contributed by atoms with Crippen LogP contribution < -0.4 is 0 Å². The van der Waals surface area contributed by atoms with Gasteiger partial charge in [0.1, 0.15) is 0 Å². The highest BCUT2D eigenvalue weighted by Gasteiger charge is 2.46. The van der Waals surface area contributed by atoms with E-state index in [0.29, 0.717) is 11.8 Å². The van der Waals surface area contributed by atoms with Gasteiger partial charge in [-0.2, -0.15) is 0 Å². The molecule has 2 nitrogen and oxygen atoms in total. The van der Waals surface area contributed by atoms with E-state index in [4.69, 9.17) is 4.74 Å². The molecule has 0 amide bonds. The second-order valence-electron chi connectivity index (χ2n) is 6.27. The van der Waals surface area contributed by atoms with Gasteiger partial charge >= 0.3 is 0 Å². The number of rotatable bonds is 5. The minimum atomic E-state index is -0.231. The summed E-state index contributed by atoms with van der Waals surface area (Å²) in [6, 6.07) is 0. The van der Waals surface area contributed by atoms with Crippen molar-refractivity contribution in [3.05, 3.63) is 0 Å². The van der Waals surface area contributed by atoms with Crippen LogP contribution in [-0.4, -0.2) is 23.4 Å². The highest BCUT2D eigenvalue weighted by molar-refractivity contribution is 4.98. The maximum atomic E-state index is 10.9. The fourth-order valence-electron chi connectivity index (χ4n) is 4.34. The van der Waals surface area contributed by atoms with E-state index in [1.165, 1.54) is 44.9 Å². The Morgan fingerprint density at radius 1 is 1.11 bits per heavy atom. The normalized spacial score (nSPS) is 33.5. The van der Waals surface area contributed by atoms with Gasteiger partial charge < -0.3 is 9.84 Å². The Kier molecular flexibility index (Phi) is 5.08. The molecule has 2 fully saturated rings. The van der Waals surface area contributed by atoms with E-state index in [0.717, 1.165) is 19.4 Å². The fourth-order valence-corrected chi connectivity index (χ4v) is 4.34. The molecule has 2 rings (SSSR count). The van der Waals surface area contributed by atoms with E-state index < -0.39 is 0 Å². The van der Waals surface area contributed by atoms with E-state index in [9.17, 15) is 5.11 Å². The first kappa shape index (κ1) is 14.3. The number of aliphatic hydroxyl groups is 1. The number of hydrogen-bond acceptors (Lipinski definition) is 2. The molecule has 0 aromatic heterocycles. The third-order valence-corrected chi connectivity index (χ3v) is 5.32. The molecule has 2 heteroatoms. The highest BCUT2D eigenvalue weighted by atomic mass is 16.5. The molecule has 18 heavy (non-hydrogen) atoms. The van der Waals surface area contributed by atoms with E-state index in [1.54, 1.807) is 0 Å². The first-order valence-electron chi connectivity index (χ1n) is 8.05. The lowest BCUT2D eigenvalue weighted by Crippen LogP contribution is -2.49. The first-order chi connectivity index (χ1) is 8.73. The van der Waals surface area contributed by atoms with Crippen LogP contribution in [0.25, 0.3) is 0 Å². The van der Waals surface area contributed by atoms with Crippen molar-refractivity contribution in [3.8, 4) is 0 Å². The van der Waals surface area contributed by atoms with Gasteiger partial charge in [-0.15, -0.1) is 0 Å². The molecule has 2 aliphatic rings. The second kappa shape index (κ2) is 6.38. The summed E-state index contributed by atoms with van der Waals surface area (Å²) >= 11 is 0. The molecule has 0 saturated heterocycles. The maximum absolute atomic E-state index is 10.9. The number of aliphatic hydroxyl groups excluding tert-OH is 1. The molecule has 3 unspecified atom stereocenters. The standard InChI is InChI=1S/C16H30O2/c1-3-13-9-5-6-10-14(13)15(17)16(18-4-2)11-7-8-12-16/h13-15,17H,3-12H2,1-2H3. The van der Waals surface area contributed by atoms with Crippen molar-refractivity contribution in [1.82, 2.24) is 0 Å². The van der Waals surface area contributed by atoms with Gasteiger partial charge in [-0.05, 0) is 38.0 Å². The minimum absolute atomic E-state index is 0.204. The Bertz CT molecular complexity index is 245. The van der Waals surface area contributed by atoms with Gasteiger partial charge in [0.15, 0.2) is 0 Å². The Balaban J connectivity index is 2.08. The molecule has 0 aromatic rings. The van der Waals surface area contributed by atoms with Gasteiger partial charge in [-0.3, -0.25) is 0 Å². The lowest BCUT2D eigenvalue weighted by atomic mass is 9.70. The largest absolute Gasteiger partial charge is 0.390 e. The molecule has 0 aliphatic heterocycles. The van der Waals surface area contributed by atoms with Gasteiger partial charge in [0.25, 0.3) is 0 Å². The highest BCUT2D eigenvalue weighted by Crippen LogP contribution is 2.44. The summed E-state index contributed by atoms with van der Waals surface area (Å²) in [5, 5.41) is 10.9. The first-order valence-corrected chi connectivity index (χ1v) is 8.05. The van der Waals surface area contributed by atoms with Gasteiger partial charge in [0, 0.05) is 6.61 Å². The third-order valence-electron chi connectivity index (χ3n) is 5.32. The van der Waals surface area contributed by atoms with Crippen LogP contribution in [0, 0.1) is 11.8 Å². The lowest BCUT2D eigenvalue weighted by molar-refractivity contribution is -0.148. The van der Waals surface area contributed by atoms with Crippen molar-refractivity contribution < 1.29 is 9.84 Å². The zero-order valence-electron chi connectivity index (χ0n) is 12.2. The molecule has 2 saturated carbocycles. The fraction of sp³-hybridized carbons (Fsp3) is 1.00. The van der Waals surface area contributed by atoms with Crippen molar-refractivity contribution in [3.63, 3.8) is 0 Å². The quantitative estimate of drug-likeness (QED) is 0.806. The summed E-state index contributed by atoms with van der Waals surface area (Å²) in [6.07, 6.45) is 10.7. The summed E-state index contributed by atoms with van der Waals surface area (Å²) in [5.74, 6) is 1.19. The molecule has 3 atom stereocenters. The van der Waals surface area contributed by atoms with Crippen LogP contribution in [0.15, 0.2) is 0 Å².